The fraction of sp³-hybridized carbons (Fsp3) is 1.00. The molecule has 4 heteroatoms. The summed E-state index contributed by atoms with van der Waals surface area (Å²) in [5.74, 6) is 0. The molecule has 2 aliphatic rings. The van der Waals surface area contributed by atoms with E-state index in [4.69, 9.17) is 0 Å². The van der Waals surface area contributed by atoms with Gasteiger partial charge in [-0.05, 0) is 98.2 Å². The van der Waals surface area contributed by atoms with E-state index in [1.54, 1.807) is 0 Å². The lowest BCUT2D eigenvalue weighted by molar-refractivity contribution is -0.0253. The molecule has 2 saturated heterocycles. The van der Waals surface area contributed by atoms with Crippen molar-refractivity contribution in [2.75, 3.05) is 46.8 Å². The van der Waals surface area contributed by atoms with Crippen LogP contribution < -0.4 is 5.32 Å². The molecule has 30 heavy (non-hydrogen) atoms. The van der Waals surface area contributed by atoms with Gasteiger partial charge in [-0.2, -0.15) is 0 Å². The molecular weight excluding hydrogens is 368 g/mol. The third-order valence-corrected chi connectivity index (χ3v) is 8.64. The van der Waals surface area contributed by atoms with E-state index in [0.29, 0.717) is 17.1 Å². The van der Waals surface area contributed by atoms with E-state index in [9.17, 15) is 0 Å². The number of nitrogens with zero attached hydrogens (tertiary/aromatic N) is 3. The number of hydrogen-bond acceptors (Lipinski definition) is 4. The Balaban J connectivity index is 0.000000300. The number of nitrogens with one attached hydrogen (secondary N) is 1. The van der Waals surface area contributed by atoms with Crippen molar-refractivity contribution in [3.05, 3.63) is 0 Å². The zero-order valence-electron chi connectivity index (χ0n) is 22.2. The minimum atomic E-state index is 0.420. The summed E-state index contributed by atoms with van der Waals surface area (Å²) in [4.78, 5) is 7.85. The van der Waals surface area contributed by atoms with E-state index in [1.807, 2.05) is 0 Å². The summed E-state index contributed by atoms with van der Waals surface area (Å²) in [6.45, 7) is 22.3. The molecule has 2 unspecified atom stereocenters. The van der Waals surface area contributed by atoms with E-state index in [0.717, 1.165) is 12.6 Å². The van der Waals surface area contributed by atoms with Crippen LogP contribution in [0.3, 0.4) is 0 Å². The van der Waals surface area contributed by atoms with Crippen molar-refractivity contribution in [1.29, 1.82) is 0 Å². The minimum absolute atomic E-state index is 0.420. The monoisotopic (exact) mass is 424 g/mol. The predicted molar refractivity (Wildman–Crippen MR) is 135 cm³/mol. The number of piperidine rings is 2. The molecule has 0 radical (unpaired) electrons. The highest BCUT2D eigenvalue weighted by atomic mass is 15.3. The zero-order valence-corrected chi connectivity index (χ0v) is 22.2. The summed E-state index contributed by atoms with van der Waals surface area (Å²) in [5, 5.41) is 3.70. The molecule has 1 N–H and O–H groups in total. The first kappa shape index (κ1) is 27.9. The lowest BCUT2D eigenvalue weighted by Gasteiger charge is -2.53. The Morgan fingerprint density at radius 1 is 0.733 bits per heavy atom. The largest absolute Gasteiger partial charge is 0.312 e. The van der Waals surface area contributed by atoms with Gasteiger partial charge in [0, 0.05) is 23.2 Å². The minimum Gasteiger partial charge on any atom is -0.312 e. The lowest BCUT2D eigenvalue weighted by Crippen LogP contribution is -2.63. The maximum absolute atomic E-state index is 3.70. The fourth-order valence-corrected chi connectivity index (χ4v) is 6.96. The lowest BCUT2D eigenvalue weighted by atomic mass is 9.77. The van der Waals surface area contributed by atoms with Gasteiger partial charge in [0.2, 0.25) is 0 Å². The van der Waals surface area contributed by atoms with Gasteiger partial charge >= 0.3 is 0 Å². The smallest absolute Gasteiger partial charge is 0.0359 e. The first-order valence-corrected chi connectivity index (χ1v) is 13.3. The van der Waals surface area contributed by atoms with E-state index >= 15 is 0 Å². The predicted octanol–water partition coefficient (Wildman–Crippen LogP) is 5.23. The van der Waals surface area contributed by atoms with Gasteiger partial charge in [0.05, 0.1) is 0 Å². The third-order valence-electron chi connectivity index (χ3n) is 8.64. The highest BCUT2D eigenvalue weighted by Crippen LogP contribution is 2.36. The van der Waals surface area contributed by atoms with Crippen molar-refractivity contribution in [2.24, 2.45) is 0 Å². The van der Waals surface area contributed by atoms with Crippen LogP contribution in [0.2, 0.25) is 0 Å². The second kappa shape index (κ2) is 13.4. The van der Waals surface area contributed by atoms with Crippen molar-refractivity contribution in [2.45, 2.75) is 123 Å². The molecule has 0 amide bonds. The van der Waals surface area contributed by atoms with Crippen LogP contribution in [0.1, 0.15) is 99.8 Å². The first-order valence-electron chi connectivity index (χ1n) is 13.3. The number of likely N-dealkylation sites (tertiary alicyclic amines) is 2. The van der Waals surface area contributed by atoms with Gasteiger partial charge in [-0.3, -0.25) is 9.80 Å². The molecule has 0 saturated carbocycles. The number of rotatable bonds is 9. The summed E-state index contributed by atoms with van der Waals surface area (Å²) >= 11 is 0. The molecule has 2 heterocycles. The van der Waals surface area contributed by atoms with Crippen molar-refractivity contribution in [3.63, 3.8) is 0 Å². The summed E-state index contributed by atoms with van der Waals surface area (Å²) in [6, 6.07) is 1.44. The van der Waals surface area contributed by atoms with Gasteiger partial charge in [0.15, 0.2) is 0 Å². The van der Waals surface area contributed by atoms with Gasteiger partial charge < -0.3 is 10.2 Å². The number of likely N-dealkylation sites (N-methyl/N-ethyl adjacent to an activating group) is 4. The summed E-state index contributed by atoms with van der Waals surface area (Å²) < 4.78 is 0. The highest BCUT2D eigenvalue weighted by molar-refractivity contribution is 5.02. The molecule has 4 nitrogen and oxygen atoms in total. The van der Waals surface area contributed by atoms with Crippen molar-refractivity contribution >= 4 is 0 Å². The van der Waals surface area contributed by atoms with Crippen LogP contribution >= 0.6 is 0 Å². The van der Waals surface area contributed by atoms with E-state index in [1.165, 1.54) is 77.5 Å². The standard InChI is InChI=1S/2C13H28N2/c1-6-13(7-2)12(14(4)5)10-9-11-15(13)8-3;1-5-13(6-2)12(14-7-3)10-9-11-15(13)8-4/h12H,6-11H2,1-5H3;12,14H,5-11H2,1-4H3. The van der Waals surface area contributed by atoms with Crippen molar-refractivity contribution < 1.29 is 0 Å². The van der Waals surface area contributed by atoms with Gasteiger partial charge in [-0.15, -0.1) is 0 Å². The Kier molecular flexibility index (Phi) is 12.5. The highest BCUT2D eigenvalue weighted by Gasteiger charge is 2.44. The average molecular weight is 425 g/mol. The second-order valence-electron chi connectivity index (χ2n) is 9.65. The quantitative estimate of drug-likeness (QED) is 0.547. The van der Waals surface area contributed by atoms with E-state index in [-0.39, 0.29) is 0 Å². The summed E-state index contributed by atoms with van der Waals surface area (Å²) in [7, 11) is 4.48. The van der Waals surface area contributed by atoms with Gasteiger partial charge in [-0.1, -0.05) is 48.5 Å². The molecule has 0 bridgehead atoms. The SMILES string of the molecule is CCN1CCCC(N(C)C)C1(CC)CC.CCNC1CCCN(CC)C1(CC)CC. The molecular formula is C26H56N4. The molecule has 0 aromatic carbocycles. The van der Waals surface area contributed by atoms with Crippen molar-refractivity contribution in [1.82, 2.24) is 20.0 Å². The fourth-order valence-electron chi connectivity index (χ4n) is 6.96. The summed E-state index contributed by atoms with van der Waals surface area (Å²) in [5.41, 5.74) is 0.847. The Morgan fingerprint density at radius 3 is 1.60 bits per heavy atom. The van der Waals surface area contributed by atoms with E-state index in [2.05, 4.69) is 82.6 Å². The van der Waals surface area contributed by atoms with Gasteiger partial charge in [0.25, 0.3) is 0 Å². The number of hydrogen-bond donors (Lipinski definition) is 1. The third kappa shape index (κ3) is 5.79. The molecule has 180 valence electrons. The van der Waals surface area contributed by atoms with Crippen LogP contribution in [0.4, 0.5) is 0 Å². The summed E-state index contributed by atoms with van der Waals surface area (Å²) in [6.07, 6.45) is 10.5. The molecule has 0 aromatic rings. The van der Waals surface area contributed by atoms with Crippen molar-refractivity contribution in [3.8, 4) is 0 Å². The molecule has 2 atom stereocenters. The first-order chi connectivity index (χ1) is 14.4. The maximum atomic E-state index is 3.70. The topological polar surface area (TPSA) is 21.8 Å². The molecule has 2 aliphatic heterocycles. The van der Waals surface area contributed by atoms with Gasteiger partial charge in [-0.25, -0.2) is 0 Å². The second-order valence-corrected chi connectivity index (χ2v) is 9.65. The maximum Gasteiger partial charge on any atom is 0.0359 e. The Hall–Kier alpha value is -0.160. The van der Waals surface area contributed by atoms with Crippen LogP contribution in [0.5, 0.6) is 0 Å². The molecule has 2 fully saturated rings. The van der Waals surface area contributed by atoms with Crippen LogP contribution in [0.25, 0.3) is 0 Å². The Labute approximate surface area is 190 Å². The average Bonchev–Trinajstić information content (AvgIpc) is 2.78. The van der Waals surface area contributed by atoms with Crippen LogP contribution in [-0.2, 0) is 0 Å². The molecule has 0 aliphatic carbocycles. The Bertz CT molecular complexity index is 440. The Morgan fingerprint density at radius 2 is 1.20 bits per heavy atom. The molecule has 0 aromatic heterocycles. The normalized spacial score (nSPS) is 27.0. The van der Waals surface area contributed by atoms with Crippen LogP contribution in [-0.4, -0.2) is 84.7 Å². The van der Waals surface area contributed by atoms with Gasteiger partial charge in [0.1, 0.15) is 0 Å². The van der Waals surface area contributed by atoms with Crippen LogP contribution in [0, 0.1) is 0 Å². The van der Waals surface area contributed by atoms with E-state index < -0.39 is 0 Å². The zero-order chi connectivity index (χ0) is 22.8. The molecule has 0 spiro atoms. The van der Waals surface area contributed by atoms with Crippen LogP contribution in [0.15, 0.2) is 0 Å². The molecule has 2 rings (SSSR count).